The number of ether oxygens (including phenoxy) is 1. The molecule has 3 amide bonds. The lowest BCUT2D eigenvalue weighted by Gasteiger charge is -2.25. The Morgan fingerprint density at radius 3 is 2.21 bits per heavy atom. The van der Waals surface area contributed by atoms with E-state index in [9.17, 15) is 22.8 Å². The molecular formula is C19H27N3O6S. The Morgan fingerprint density at radius 2 is 1.69 bits per heavy atom. The molecule has 1 aromatic carbocycles. The Hall–Kier alpha value is -2.46. The summed E-state index contributed by atoms with van der Waals surface area (Å²) in [5, 5.41) is 1.90. The van der Waals surface area contributed by atoms with Gasteiger partial charge in [-0.3, -0.25) is 14.9 Å². The fraction of sp³-hybridized carbons (Fsp3) is 0.526. The Labute approximate surface area is 170 Å². The minimum atomic E-state index is -3.54. The van der Waals surface area contributed by atoms with Crippen molar-refractivity contribution in [2.75, 3.05) is 13.1 Å². The van der Waals surface area contributed by atoms with E-state index in [0.29, 0.717) is 18.7 Å². The van der Waals surface area contributed by atoms with Crippen LogP contribution in [0.1, 0.15) is 38.7 Å². The molecule has 0 unspecified atom stereocenters. The Bertz CT molecular complexity index is 845. The number of imide groups is 1. The van der Waals surface area contributed by atoms with E-state index in [0.717, 1.165) is 19.3 Å². The second-order valence-corrected chi connectivity index (χ2v) is 9.23. The van der Waals surface area contributed by atoms with Gasteiger partial charge in [0.1, 0.15) is 0 Å². The van der Waals surface area contributed by atoms with Crippen LogP contribution in [0.15, 0.2) is 29.2 Å². The first-order chi connectivity index (χ1) is 13.6. The maximum absolute atomic E-state index is 12.7. The highest BCUT2D eigenvalue weighted by atomic mass is 32.2. The number of benzene rings is 1. The number of amides is 3. The third kappa shape index (κ3) is 6.26. The first-order valence-corrected chi connectivity index (χ1v) is 10.9. The van der Waals surface area contributed by atoms with Gasteiger partial charge in [-0.05, 0) is 36.5 Å². The van der Waals surface area contributed by atoms with Gasteiger partial charge in [-0.1, -0.05) is 32.4 Å². The first kappa shape index (κ1) is 22.8. The molecule has 1 heterocycles. The van der Waals surface area contributed by atoms with E-state index in [4.69, 9.17) is 10.5 Å². The maximum atomic E-state index is 12.7. The van der Waals surface area contributed by atoms with Crippen LogP contribution in [0, 0.1) is 5.92 Å². The number of primary amides is 1. The predicted molar refractivity (Wildman–Crippen MR) is 105 cm³/mol. The molecule has 1 fully saturated rings. The Balaban J connectivity index is 2.02. The number of hydrogen-bond donors (Lipinski definition) is 2. The molecule has 0 spiro atoms. The summed E-state index contributed by atoms with van der Waals surface area (Å²) in [6.07, 6.45) is 1.43. The summed E-state index contributed by atoms with van der Waals surface area (Å²) in [7, 11) is -3.54. The molecule has 9 nitrogen and oxygen atoms in total. The van der Waals surface area contributed by atoms with Crippen molar-refractivity contribution in [1.29, 1.82) is 0 Å². The molecule has 1 aliphatic rings. The summed E-state index contributed by atoms with van der Waals surface area (Å²) >= 11 is 0. The van der Waals surface area contributed by atoms with Gasteiger partial charge in [-0.25, -0.2) is 13.2 Å². The van der Waals surface area contributed by atoms with Gasteiger partial charge in [0.15, 0.2) is 6.10 Å². The van der Waals surface area contributed by atoms with E-state index in [1.807, 2.05) is 5.32 Å². The summed E-state index contributed by atoms with van der Waals surface area (Å²) in [4.78, 5) is 35.1. The standard InChI is InChI=1S/C19H27N3O6S/c1-13(2)17(18(24)21-19(20)25)28-16(23)12-14-6-8-15(9-7-14)29(26,27)22-10-4-3-5-11-22/h6-9,13,17H,3-5,10-12H2,1-2H3,(H3,20,21,24,25)/t17-/m1/s1. The number of nitrogens with one attached hydrogen (secondary N) is 1. The largest absolute Gasteiger partial charge is 0.452 e. The van der Waals surface area contributed by atoms with E-state index in [2.05, 4.69) is 0 Å². The zero-order valence-corrected chi connectivity index (χ0v) is 17.4. The molecule has 29 heavy (non-hydrogen) atoms. The van der Waals surface area contributed by atoms with Crippen LogP contribution in [0.5, 0.6) is 0 Å². The van der Waals surface area contributed by atoms with Crippen molar-refractivity contribution in [3.8, 4) is 0 Å². The number of rotatable bonds is 7. The molecule has 2 rings (SSSR count). The van der Waals surface area contributed by atoms with E-state index < -0.39 is 34.0 Å². The van der Waals surface area contributed by atoms with Crippen LogP contribution in [0.4, 0.5) is 4.79 Å². The summed E-state index contributed by atoms with van der Waals surface area (Å²) in [5.74, 6) is -1.82. The number of nitrogens with zero attached hydrogens (tertiary/aromatic N) is 1. The average molecular weight is 426 g/mol. The number of sulfonamides is 1. The highest BCUT2D eigenvalue weighted by Crippen LogP contribution is 2.21. The van der Waals surface area contributed by atoms with Crippen LogP contribution in [-0.2, 0) is 30.8 Å². The van der Waals surface area contributed by atoms with Crippen LogP contribution in [0.3, 0.4) is 0 Å². The van der Waals surface area contributed by atoms with Gasteiger partial charge in [-0.15, -0.1) is 0 Å². The molecule has 0 saturated carbocycles. The van der Waals surface area contributed by atoms with Crippen molar-refractivity contribution in [2.45, 2.75) is 50.5 Å². The van der Waals surface area contributed by atoms with Crippen molar-refractivity contribution >= 4 is 27.9 Å². The number of nitrogens with two attached hydrogens (primary N) is 1. The van der Waals surface area contributed by atoms with Gasteiger partial charge >= 0.3 is 12.0 Å². The normalized spacial score (nSPS) is 16.2. The van der Waals surface area contributed by atoms with Gasteiger partial charge < -0.3 is 10.5 Å². The van der Waals surface area contributed by atoms with E-state index in [1.165, 1.54) is 16.4 Å². The van der Waals surface area contributed by atoms with Crippen molar-refractivity contribution in [3.05, 3.63) is 29.8 Å². The molecule has 1 aliphatic heterocycles. The lowest BCUT2D eigenvalue weighted by atomic mass is 10.1. The molecule has 0 bridgehead atoms. The van der Waals surface area contributed by atoms with E-state index in [1.54, 1.807) is 26.0 Å². The number of urea groups is 1. The van der Waals surface area contributed by atoms with Gasteiger partial charge in [0.2, 0.25) is 10.0 Å². The predicted octanol–water partition coefficient (Wildman–Crippen LogP) is 1.17. The minimum absolute atomic E-state index is 0.142. The van der Waals surface area contributed by atoms with Gasteiger partial charge in [0.25, 0.3) is 5.91 Å². The SMILES string of the molecule is CC(C)[C@@H](OC(=O)Cc1ccc(S(=O)(=O)N2CCCCC2)cc1)C(=O)NC(N)=O. The van der Waals surface area contributed by atoms with E-state index >= 15 is 0 Å². The lowest BCUT2D eigenvalue weighted by molar-refractivity contribution is -0.157. The van der Waals surface area contributed by atoms with Crippen LogP contribution in [0.25, 0.3) is 0 Å². The fourth-order valence-corrected chi connectivity index (χ4v) is 4.59. The molecule has 0 aromatic heterocycles. The molecule has 3 N–H and O–H groups in total. The third-order valence-corrected chi connectivity index (χ3v) is 6.51. The van der Waals surface area contributed by atoms with Crippen molar-refractivity contribution < 1.29 is 27.5 Å². The summed E-state index contributed by atoms with van der Waals surface area (Å²) in [5.41, 5.74) is 5.47. The van der Waals surface area contributed by atoms with Crippen molar-refractivity contribution in [1.82, 2.24) is 9.62 Å². The third-order valence-electron chi connectivity index (χ3n) is 4.59. The Morgan fingerprint density at radius 1 is 1.10 bits per heavy atom. The number of piperidine rings is 1. The van der Waals surface area contributed by atoms with Crippen LogP contribution in [-0.4, -0.2) is 49.8 Å². The zero-order chi connectivity index (χ0) is 21.6. The lowest BCUT2D eigenvalue weighted by Crippen LogP contribution is -2.45. The monoisotopic (exact) mass is 425 g/mol. The fourth-order valence-electron chi connectivity index (χ4n) is 3.07. The molecule has 1 saturated heterocycles. The molecule has 0 aliphatic carbocycles. The van der Waals surface area contributed by atoms with E-state index in [-0.39, 0.29) is 17.2 Å². The molecule has 1 atom stereocenters. The smallest absolute Gasteiger partial charge is 0.318 e. The van der Waals surface area contributed by atoms with Crippen molar-refractivity contribution in [2.24, 2.45) is 11.7 Å². The molecule has 0 radical (unpaired) electrons. The molecule has 10 heteroatoms. The van der Waals surface area contributed by atoms with Crippen LogP contribution >= 0.6 is 0 Å². The maximum Gasteiger partial charge on any atom is 0.318 e. The van der Waals surface area contributed by atoms with Crippen molar-refractivity contribution in [3.63, 3.8) is 0 Å². The molecule has 1 aromatic rings. The minimum Gasteiger partial charge on any atom is -0.452 e. The van der Waals surface area contributed by atoms with Crippen LogP contribution in [0.2, 0.25) is 0 Å². The number of carbonyl (C=O) groups is 3. The van der Waals surface area contributed by atoms with Gasteiger partial charge in [-0.2, -0.15) is 4.31 Å². The summed E-state index contributed by atoms with van der Waals surface area (Å²) in [6, 6.07) is 5.00. The molecular weight excluding hydrogens is 398 g/mol. The second kappa shape index (κ2) is 9.84. The Kier molecular flexibility index (Phi) is 7.74. The number of carbonyl (C=O) groups excluding carboxylic acids is 3. The zero-order valence-electron chi connectivity index (χ0n) is 16.6. The highest BCUT2D eigenvalue weighted by molar-refractivity contribution is 7.89. The summed E-state index contributed by atoms with van der Waals surface area (Å²) < 4.78 is 32.0. The van der Waals surface area contributed by atoms with Gasteiger partial charge in [0.05, 0.1) is 11.3 Å². The second-order valence-electron chi connectivity index (χ2n) is 7.29. The highest BCUT2D eigenvalue weighted by Gasteiger charge is 2.28. The topological polar surface area (TPSA) is 136 Å². The number of hydrogen-bond acceptors (Lipinski definition) is 6. The average Bonchev–Trinajstić information content (AvgIpc) is 2.66. The van der Waals surface area contributed by atoms with Crippen LogP contribution < -0.4 is 11.1 Å². The quantitative estimate of drug-likeness (QED) is 0.629. The molecule has 160 valence electrons. The van der Waals surface area contributed by atoms with Gasteiger partial charge in [0, 0.05) is 13.1 Å². The first-order valence-electron chi connectivity index (χ1n) is 9.50. The number of esters is 1. The summed E-state index contributed by atoms with van der Waals surface area (Å²) in [6.45, 7) is 4.36.